The first-order valence-electron chi connectivity index (χ1n) is 10.3. The Morgan fingerprint density at radius 1 is 1.09 bits per heavy atom. The lowest BCUT2D eigenvalue weighted by molar-refractivity contribution is -0.119. The second-order valence-corrected chi connectivity index (χ2v) is 10.4. The van der Waals surface area contributed by atoms with E-state index in [-0.39, 0.29) is 6.54 Å². The van der Waals surface area contributed by atoms with Gasteiger partial charge in [-0.3, -0.25) is 9.10 Å². The number of nitrogens with zero attached hydrogens (tertiary/aromatic N) is 3. The Morgan fingerprint density at radius 2 is 1.76 bits per heavy atom. The van der Waals surface area contributed by atoms with Gasteiger partial charge in [0.1, 0.15) is 6.54 Å². The first-order valence-corrected chi connectivity index (χ1v) is 12.5. The second kappa shape index (κ2) is 9.80. The third kappa shape index (κ3) is 6.03. The summed E-state index contributed by atoms with van der Waals surface area (Å²) in [6.07, 6.45) is 2.62. The molecule has 0 fully saturated rings. The Balaban J connectivity index is 1.76. The van der Waals surface area contributed by atoms with Gasteiger partial charge in [0, 0.05) is 27.7 Å². The Kier molecular flexibility index (Phi) is 7.29. The molecule has 3 aromatic rings. The minimum atomic E-state index is -3.66. The number of aromatic nitrogens is 1. The molecule has 0 spiro atoms. The van der Waals surface area contributed by atoms with Gasteiger partial charge in [0.2, 0.25) is 10.0 Å². The number of anilines is 1. The molecule has 0 atom stereocenters. The summed E-state index contributed by atoms with van der Waals surface area (Å²) in [5, 5.41) is 4.69. The average Bonchev–Trinajstić information content (AvgIpc) is 2.97. The third-order valence-electron chi connectivity index (χ3n) is 5.11. The molecular formula is C24H27ClN4O3S. The van der Waals surface area contributed by atoms with Crippen molar-refractivity contribution < 1.29 is 13.2 Å². The summed E-state index contributed by atoms with van der Waals surface area (Å²) in [5.41, 5.74) is 8.36. The Hall–Kier alpha value is -3.10. The third-order valence-corrected chi connectivity index (χ3v) is 6.49. The van der Waals surface area contributed by atoms with Crippen molar-refractivity contribution >= 4 is 39.4 Å². The largest absolute Gasteiger partial charge is 0.318 e. The number of hydrogen-bond donors (Lipinski definition) is 1. The maximum absolute atomic E-state index is 12.5. The van der Waals surface area contributed by atoms with Gasteiger partial charge in [0.15, 0.2) is 0 Å². The summed E-state index contributed by atoms with van der Waals surface area (Å²) >= 11 is 6.13. The highest BCUT2D eigenvalue weighted by Gasteiger charge is 2.21. The van der Waals surface area contributed by atoms with Gasteiger partial charge in [-0.25, -0.2) is 13.8 Å². The number of carbonyl (C=O) groups excluding carboxylic acids is 1. The van der Waals surface area contributed by atoms with E-state index in [9.17, 15) is 13.2 Å². The molecule has 7 nitrogen and oxygen atoms in total. The van der Waals surface area contributed by atoms with Crippen LogP contribution in [0.15, 0.2) is 53.6 Å². The molecule has 1 heterocycles. The number of benzene rings is 2. The molecule has 174 valence electrons. The first kappa shape index (κ1) is 24.5. The fraction of sp³-hybridized carbons (Fsp3) is 0.250. The number of hydrogen-bond acceptors (Lipinski definition) is 4. The molecule has 1 amide bonds. The lowest BCUT2D eigenvalue weighted by Gasteiger charge is -2.22. The SMILES string of the molecule is Cc1cc(C)cc(N(CC(=O)N/N=C\c2cc(C)n(-c3cccc(Cl)c3)c2C)S(C)(=O)=O)c1. The minimum Gasteiger partial charge on any atom is -0.318 e. The van der Waals surface area contributed by atoms with Gasteiger partial charge in [-0.05, 0) is 75.2 Å². The van der Waals surface area contributed by atoms with Crippen LogP contribution < -0.4 is 9.73 Å². The van der Waals surface area contributed by atoms with E-state index in [4.69, 9.17) is 11.6 Å². The fourth-order valence-corrected chi connectivity index (χ4v) is 4.79. The molecule has 1 N–H and O–H groups in total. The van der Waals surface area contributed by atoms with Gasteiger partial charge < -0.3 is 4.57 Å². The van der Waals surface area contributed by atoms with Crippen LogP contribution in [0.5, 0.6) is 0 Å². The summed E-state index contributed by atoms with van der Waals surface area (Å²) in [6.45, 7) is 7.29. The molecule has 1 aromatic heterocycles. The van der Waals surface area contributed by atoms with Gasteiger partial charge in [0.05, 0.1) is 18.2 Å². The number of sulfonamides is 1. The van der Waals surface area contributed by atoms with Gasteiger partial charge in [-0.1, -0.05) is 23.7 Å². The summed E-state index contributed by atoms with van der Waals surface area (Å²) in [7, 11) is -3.66. The van der Waals surface area contributed by atoms with Crippen LogP contribution in [-0.4, -0.2) is 37.9 Å². The predicted molar refractivity (Wildman–Crippen MR) is 134 cm³/mol. The van der Waals surface area contributed by atoms with Crippen molar-refractivity contribution in [2.75, 3.05) is 17.1 Å². The highest BCUT2D eigenvalue weighted by molar-refractivity contribution is 7.92. The molecule has 2 aromatic carbocycles. The topological polar surface area (TPSA) is 83.8 Å². The van der Waals surface area contributed by atoms with Crippen molar-refractivity contribution in [2.45, 2.75) is 27.7 Å². The lowest BCUT2D eigenvalue weighted by atomic mass is 10.1. The molecule has 3 rings (SSSR count). The average molecular weight is 487 g/mol. The van der Waals surface area contributed by atoms with Crippen molar-refractivity contribution in [1.82, 2.24) is 9.99 Å². The van der Waals surface area contributed by atoms with E-state index < -0.39 is 15.9 Å². The molecular weight excluding hydrogens is 460 g/mol. The molecule has 0 aliphatic rings. The van der Waals surface area contributed by atoms with Crippen molar-refractivity contribution in [1.29, 1.82) is 0 Å². The number of carbonyl (C=O) groups is 1. The summed E-state index contributed by atoms with van der Waals surface area (Å²) < 4.78 is 27.8. The molecule has 0 bridgehead atoms. The molecule has 9 heteroatoms. The normalized spacial score (nSPS) is 11.7. The maximum atomic E-state index is 12.5. The standard InChI is InChI=1S/C24H27ClN4O3S/c1-16-9-17(2)11-23(10-16)28(33(5,31)32)15-24(30)27-26-14-20-12-18(3)29(19(20)4)22-8-6-7-21(25)13-22/h6-14H,15H2,1-5H3,(H,27,30)/b26-14-. The smallest absolute Gasteiger partial charge is 0.260 e. The highest BCUT2D eigenvalue weighted by Crippen LogP contribution is 2.23. The van der Waals surface area contributed by atoms with Crippen LogP contribution in [-0.2, 0) is 14.8 Å². The molecule has 0 unspecified atom stereocenters. The fourth-order valence-electron chi connectivity index (χ4n) is 3.77. The van der Waals surface area contributed by atoms with E-state index in [0.29, 0.717) is 10.7 Å². The maximum Gasteiger partial charge on any atom is 0.260 e. The van der Waals surface area contributed by atoms with E-state index in [1.54, 1.807) is 18.3 Å². The number of amides is 1. The zero-order valence-electron chi connectivity index (χ0n) is 19.3. The number of hydrazone groups is 1. The molecule has 0 saturated carbocycles. The van der Waals surface area contributed by atoms with Crippen LogP contribution in [0.3, 0.4) is 0 Å². The predicted octanol–water partition coefficient (Wildman–Crippen LogP) is 4.28. The highest BCUT2D eigenvalue weighted by atomic mass is 35.5. The molecule has 0 radical (unpaired) electrons. The van der Waals surface area contributed by atoms with Crippen LogP contribution in [0.25, 0.3) is 5.69 Å². The zero-order chi connectivity index (χ0) is 24.3. The Labute approximate surface area is 199 Å². The first-order chi connectivity index (χ1) is 15.5. The van der Waals surface area contributed by atoms with Crippen molar-refractivity contribution in [3.8, 4) is 5.69 Å². The number of nitrogens with one attached hydrogen (secondary N) is 1. The minimum absolute atomic E-state index is 0.374. The van der Waals surface area contributed by atoms with Crippen molar-refractivity contribution in [2.24, 2.45) is 5.10 Å². The van der Waals surface area contributed by atoms with E-state index >= 15 is 0 Å². The van der Waals surface area contributed by atoms with Crippen molar-refractivity contribution in [3.05, 3.63) is 81.6 Å². The Bertz CT molecular complexity index is 1310. The van der Waals surface area contributed by atoms with E-state index in [1.807, 2.05) is 68.7 Å². The summed E-state index contributed by atoms with van der Waals surface area (Å²) in [4.78, 5) is 12.5. The van der Waals surface area contributed by atoms with Gasteiger partial charge >= 0.3 is 0 Å². The van der Waals surface area contributed by atoms with Gasteiger partial charge in [-0.2, -0.15) is 5.10 Å². The lowest BCUT2D eigenvalue weighted by Crippen LogP contribution is -2.39. The van der Waals surface area contributed by atoms with Crippen LogP contribution in [0, 0.1) is 27.7 Å². The van der Waals surface area contributed by atoms with E-state index in [2.05, 4.69) is 10.5 Å². The van der Waals surface area contributed by atoms with Crippen LogP contribution in [0.2, 0.25) is 5.02 Å². The second-order valence-electron chi connectivity index (χ2n) is 8.05. The monoisotopic (exact) mass is 486 g/mol. The van der Waals surface area contributed by atoms with Crippen LogP contribution >= 0.6 is 11.6 Å². The van der Waals surface area contributed by atoms with Gasteiger partial charge in [0.25, 0.3) is 5.91 Å². The number of rotatable bonds is 7. The van der Waals surface area contributed by atoms with Crippen LogP contribution in [0.4, 0.5) is 5.69 Å². The molecule has 0 saturated heterocycles. The molecule has 0 aliphatic heterocycles. The molecule has 33 heavy (non-hydrogen) atoms. The van der Waals surface area contributed by atoms with Crippen molar-refractivity contribution in [3.63, 3.8) is 0 Å². The summed E-state index contributed by atoms with van der Waals surface area (Å²) in [6, 6.07) is 14.9. The Morgan fingerprint density at radius 3 is 2.36 bits per heavy atom. The molecule has 0 aliphatic carbocycles. The summed E-state index contributed by atoms with van der Waals surface area (Å²) in [5.74, 6) is -0.542. The quantitative estimate of drug-likeness (QED) is 0.399. The van der Waals surface area contributed by atoms with E-state index in [1.165, 1.54) is 0 Å². The number of aryl methyl sites for hydroxylation is 3. The van der Waals surface area contributed by atoms with Crippen LogP contribution in [0.1, 0.15) is 28.1 Å². The zero-order valence-corrected chi connectivity index (χ0v) is 20.8. The van der Waals surface area contributed by atoms with E-state index in [0.717, 1.165) is 44.3 Å². The number of halogens is 1. The van der Waals surface area contributed by atoms with Gasteiger partial charge in [-0.15, -0.1) is 0 Å².